The molecule has 95 heavy (non-hydrogen) atoms. The summed E-state index contributed by atoms with van der Waals surface area (Å²) in [7, 11) is 0.917. The van der Waals surface area contributed by atoms with E-state index in [0.29, 0.717) is 22.4 Å². The number of aromatic nitrogens is 4. The van der Waals surface area contributed by atoms with Crippen LogP contribution in [0.1, 0.15) is 24.1 Å². The second-order valence-electron chi connectivity index (χ2n) is 22.1. The van der Waals surface area contributed by atoms with E-state index in [-0.39, 0.29) is 7.43 Å². The van der Waals surface area contributed by atoms with Crippen LogP contribution in [0.15, 0.2) is 290 Å². The van der Waals surface area contributed by atoms with E-state index >= 15 is 0 Å². The number of fused-ring (bicyclic) bond motifs is 12. The van der Waals surface area contributed by atoms with Crippen LogP contribution in [0.25, 0.3) is 148 Å². The van der Waals surface area contributed by atoms with Gasteiger partial charge >= 0.3 is 0 Å². The molecule has 17 rings (SSSR count). The topological polar surface area (TPSA) is 117 Å². The molecule has 12 heteroatoms. The van der Waals surface area contributed by atoms with E-state index in [9.17, 15) is 15.8 Å². The number of H-pyrrole nitrogens is 2. The molecule has 0 atom stereocenters. The number of hydrogen-bond acceptors (Lipinski definition) is 5. The summed E-state index contributed by atoms with van der Waals surface area (Å²) in [6.07, 6.45) is 0. The second kappa shape index (κ2) is 27.2. The van der Waals surface area contributed by atoms with Gasteiger partial charge in [-0.2, -0.15) is 15.8 Å². The zero-order valence-corrected chi connectivity index (χ0v) is 54.0. The smallest absolute Gasteiger partial charge is 0.195 e. The zero-order chi connectivity index (χ0) is 64.2. The van der Waals surface area contributed by atoms with Gasteiger partial charge in [-0.3, -0.25) is 0 Å². The quantitative estimate of drug-likeness (QED) is 0.161. The van der Waals surface area contributed by atoms with Crippen LogP contribution in [0, 0.1) is 40.6 Å². The highest BCUT2D eigenvalue weighted by Gasteiger charge is 2.31. The second-order valence-corrected chi connectivity index (χ2v) is 24.8. The third-order valence-electron chi connectivity index (χ3n) is 17.1. The molecule has 0 saturated carbocycles. The summed E-state index contributed by atoms with van der Waals surface area (Å²) in [5.41, 5.74) is 20.0. The lowest BCUT2D eigenvalue weighted by atomic mass is 9.87. The Morgan fingerprint density at radius 1 is 0.368 bits per heavy atom. The first-order valence-electron chi connectivity index (χ1n) is 30.1. The molecule has 0 saturated heterocycles. The number of para-hydroxylation sites is 7. The fraction of sp³-hybridized carbons (Fsp3) is 0.0120. The largest absolute Gasteiger partial charge is 0.354 e. The summed E-state index contributed by atoms with van der Waals surface area (Å²) in [5.74, 6) is 0. The molecule has 0 unspecified atom stereocenters. The van der Waals surface area contributed by atoms with Gasteiger partial charge < -0.3 is 19.1 Å². The molecule has 8 nitrogen and oxygen atoms in total. The molecule has 2 N–H and O–H groups in total. The maximum atomic E-state index is 10.5. The number of hydrogen-bond donors (Lipinski definition) is 2. The van der Waals surface area contributed by atoms with Gasteiger partial charge in [0.2, 0.25) is 0 Å². The van der Waals surface area contributed by atoms with Crippen molar-refractivity contribution in [3.63, 3.8) is 0 Å². The Morgan fingerprint density at radius 3 is 1.07 bits per heavy atom. The minimum Gasteiger partial charge on any atom is -0.354 e. The number of nitrogens with one attached hydrogen (secondary N) is 2. The molecule has 0 bridgehead atoms. The molecular formula is C83H53BrN8S3. The van der Waals surface area contributed by atoms with Crippen LogP contribution in [-0.2, 0) is 31.3 Å². The first-order chi connectivity index (χ1) is 46.4. The first-order valence-corrected chi connectivity index (χ1v) is 33.5. The summed E-state index contributed by atoms with van der Waals surface area (Å²) in [6.45, 7) is 7.88. The molecule has 0 aliphatic rings. The van der Waals surface area contributed by atoms with Gasteiger partial charge in [0.1, 0.15) is 0 Å². The van der Waals surface area contributed by atoms with E-state index in [4.69, 9.17) is 6.57 Å². The molecule has 4 aromatic heterocycles. The normalized spacial score (nSPS) is 10.7. The predicted octanol–water partition coefficient (Wildman–Crippen LogP) is 22.7. The lowest BCUT2D eigenvalue weighted by molar-refractivity contribution is 1.17. The first kappa shape index (κ1) is 62.0. The van der Waals surface area contributed by atoms with Crippen molar-refractivity contribution in [1.29, 1.82) is 15.8 Å². The van der Waals surface area contributed by atoms with Crippen LogP contribution < -0.4 is 0 Å². The van der Waals surface area contributed by atoms with Gasteiger partial charge in [0.25, 0.3) is 0 Å². The summed E-state index contributed by atoms with van der Waals surface area (Å²) in [4.78, 5) is 11.3. The van der Waals surface area contributed by atoms with Crippen molar-refractivity contribution in [3.05, 3.63) is 318 Å². The average Bonchev–Trinajstić information content (AvgIpc) is 1.55. The summed E-state index contributed by atoms with van der Waals surface area (Å²) in [6, 6.07) is 103. The van der Waals surface area contributed by atoms with Crippen LogP contribution in [0.4, 0.5) is 5.69 Å². The third-order valence-corrected chi connectivity index (χ3v) is 17.7. The monoisotopic (exact) mass is 1340 g/mol. The SMILES string of the molecule is Brc1ccccc1.C.N#Cc1ccccc1-c1c2c3ccccc3n(-c3ccccc3)c2c(-c2ccccc2C#N)c2c3ccccc3n(-c3ccccc3)c12.S=S=S.[C-]#[N+]c1ccccc1-c1c2[nH]c3ccccc3c2c(-c2ccccc2C#N)c2[nH]c3ccccc3c12. The van der Waals surface area contributed by atoms with Gasteiger partial charge in [-0.05, 0) is 84.4 Å². The maximum Gasteiger partial charge on any atom is 0.195 e. The molecule has 0 aliphatic heterocycles. The van der Waals surface area contributed by atoms with E-state index in [0.717, 1.165) is 156 Å². The molecule has 0 spiro atoms. The highest BCUT2D eigenvalue weighted by Crippen LogP contribution is 2.54. The number of nitrogens with zero attached hydrogens (tertiary/aromatic N) is 6. The van der Waals surface area contributed by atoms with Crippen LogP contribution in [0.5, 0.6) is 0 Å². The molecule has 0 aliphatic carbocycles. The molecular weight excluding hydrogens is 1290 g/mol. The van der Waals surface area contributed by atoms with Crippen molar-refractivity contribution < 1.29 is 0 Å². The lowest BCUT2D eigenvalue weighted by Crippen LogP contribution is -2.00. The summed E-state index contributed by atoms with van der Waals surface area (Å²) >= 11 is 11.6. The van der Waals surface area contributed by atoms with Crippen molar-refractivity contribution in [3.8, 4) is 74.1 Å². The van der Waals surface area contributed by atoms with Gasteiger partial charge in [-0.25, -0.2) is 4.85 Å². The van der Waals surface area contributed by atoms with Crippen molar-refractivity contribution in [2.24, 2.45) is 0 Å². The van der Waals surface area contributed by atoms with Gasteiger partial charge in [-0.1, -0.05) is 230 Å². The van der Waals surface area contributed by atoms with Gasteiger partial charge in [-0.15, -0.1) is 0 Å². The summed E-state index contributed by atoms with van der Waals surface area (Å²) < 4.78 is 5.80. The Labute approximate surface area is 569 Å². The van der Waals surface area contributed by atoms with Crippen molar-refractivity contribution in [1.82, 2.24) is 19.1 Å². The van der Waals surface area contributed by atoms with Crippen LogP contribution in [-0.4, -0.2) is 19.1 Å². The van der Waals surface area contributed by atoms with Crippen LogP contribution in [0.3, 0.4) is 0 Å². The molecule has 0 radical (unpaired) electrons. The fourth-order valence-electron chi connectivity index (χ4n) is 13.5. The van der Waals surface area contributed by atoms with Gasteiger partial charge in [0.15, 0.2) is 5.69 Å². The predicted molar refractivity (Wildman–Crippen MR) is 405 cm³/mol. The number of benzene rings is 13. The number of halogens is 1. The average molecular weight is 1340 g/mol. The van der Waals surface area contributed by atoms with Crippen molar-refractivity contribution in [2.45, 2.75) is 7.43 Å². The maximum absolute atomic E-state index is 10.5. The fourth-order valence-corrected chi connectivity index (χ4v) is 13.8. The van der Waals surface area contributed by atoms with E-state index in [1.54, 1.807) is 0 Å². The Balaban J connectivity index is 0.000000153. The lowest BCUT2D eigenvalue weighted by Gasteiger charge is -2.19. The number of nitriles is 3. The minimum atomic E-state index is 0. The van der Waals surface area contributed by atoms with Crippen LogP contribution in [0.2, 0.25) is 0 Å². The molecule has 450 valence electrons. The molecule has 17 aromatic rings. The molecule has 4 heterocycles. The van der Waals surface area contributed by atoms with E-state index < -0.39 is 0 Å². The molecule has 13 aromatic carbocycles. The Hall–Kier alpha value is -11.8. The zero-order valence-electron chi connectivity index (χ0n) is 49.9. The minimum absolute atomic E-state index is 0. The van der Waals surface area contributed by atoms with Crippen molar-refractivity contribution >= 4 is 140 Å². The third kappa shape index (κ3) is 10.9. The number of rotatable bonds is 6. The Kier molecular flexibility index (Phi) is 17.7. The van der Waals surface area contributed by atoms with E-state index in [1.807, 2.05) is 152 Å². The molecule has 0 amide bonds. The standard InChI is InChI=1S/C44H26N4.C32H18N4.C6H5Br.CH4.S3/c45-27-29-15-7-9-21-33(29)39-42-36-24-12-14-26-38(36)48(32-19-5-2-6-20-32)44(42)40(34-22-10-8-16-30(34)28-46)41-35-23-11-13-25-37(35)47(43(39)41)31-17-3-1-4-18-31;1-34-24-15-7-4-12-21(24)28-30-23-14-6-9-17-26(23)35-31(30)27(20-11-3-2-10-19(20)18-33)29-22-13-5-8-16-25(22)36-32(28)29;7-6-4-2-1-3-5-6;;1-3-2/h1-26H;2-17,35-36H;1-5H;1H4;. The van der Waals surface area contributed by atoms with E-state index in [1.165, 1.54) is 0 Å². The van der Waals surface area contributed by atoms with Gasteiger partial charge in [0, 0.05) is 140 Å². The molecule has 0 fully saturated rings. The van der Waals surface area contributed by atoms with Gasteiger partial charge in [0.05, 0.1) is 74.6 Å². The number of aromatic amines is 2. The Morgan fingerprint density at radius 2 is 0.684 bits per heavy atom. The summed E-state index contributed by atoms with van der Waals surface area (Å²) in [5, 5.41) is 39.6. The van der Waals surface area contributed by atoms with E-state index in [2.05, 4.69) is 214 Å². The Bertz CT molecular complexity index is 5680. The highest BCUT2D eigenvalue weighted by molar-refractivity contribution is 9.10. The van der Waals surface area contributed by atoms with Crippen LogP contribution >= 0.6 is 15.9 Å². The highest BCUT2D eigenvalue weighted by atomic mass is 79.9. The van der Waals surface area contributed by atoms with Crippen molar-refractivity contribution in [2.75, 3.05) is 0 Å².